The molecule has 1 heterocycles. The van der Waals surface area contributed by atoms with Crippen molar-refractivity contribution >= 4 is 5.97 Å². The minimum atomic E-state index is -0.903. The fourth-order valence-corrected chi connectivity index (χ4v) is 1.36. The summed E-state index contributed by atoms with van der Waals surface area (Å²) in [6, 6.07) is 1.96. The molecule has 0 aromatic carbocycles. The van der Waals surface area contributed by atoms with Gasteiger partial charge in [0.05, 0.1) is 0 Å². The van der Waals surface area contributed by atoms with Gasteiger partial charge < -0.3 is 10.4 Å². The third kappa shape index (κ3) is 4.23. The molecule has 4 heteroatoms. The number of rotatable bonds is 5. The van der Waals surface area contributed by atoms with E-state index >= 15 is 0 Å². The van der Waals surface area contributed by atoms with E-state index in [2.05, 4.69) is 10.3 Å². The van der Waals surface area contributed by atoms with Crippen LogP contribution >= 0.6 is 0 Å². The zero-order valence-electron chi connectivity index (χ0n) is 9.53. The van der Waals surface area contributed by atoms with Crippen molar-refractivity contribution in [2.45, 2.75) is 20.4 Å². The molecule has 1 aromatic heterocycles. The first-order chi connectivity index (χ1) is 7.59. The number of nitrogens with zero attached hydrogens (tertiary/aromatic N) is 1. The molecule has 0 aliphatic rings. The predicted octanol–water partition coefficient (Wildman–Crippen LogP) is 1.51. The van der Waals surface area contributed by atoms with Crippen LogP contribution in [0.15, 0.2) is 30.1 Å². The summed E-state index contributed by atoms with van der Waals surface area (Å²) in [6.07, 6.45) is 4.79. The summed E-state index contributed by atoms with van der Waals surface area (Å²) in [4.78, 5) is 14.4. The minimum absolute atomic E-state index is 0.577. The van der Waals surface area contributed by atoms with Gasteiger partial charge in [0.25, 0.3) is 0 Å². The van der Waals surface area contributed by atoms with Gasteiger partial charge in [-0.15, -0.1) is 0 Å². The molecule has 0 spiro atoms. The third-order valence-corrected chi connectivity index (χ3v) is 2.23. The summed E-state index contributed by atoms with van der Waals surface area (Å²) in [5.41, 5.74) is 3.12. The molecule has 0 saturated heterocycles. The zero-order valence-corrected chi connectivity index (χ0v) is 9.53. The molecule has 0 aliphatic carbocycles. The van der Waals surface area contributed by atoms with Crippen molar-refractivity contribution < 1.29 is 9.90 Å². The van der Waals surface area contributed by atoms with Crippen LogP contribution in [0.3, 0.4) is 0 Å². The van der Waals surface area contributed by atoms with Crippen molar-refractivity contribution in [1.82, 2.24) is 10.3 Å². The van der Waals surface area contributed by atoms with E-state index in [-0.39, 0.29) is 0 Å². The van der Waals surface area contributed by atoms with Crippen molar-refractivity contribution in [3.8, 4) is 0 Å². The second-order valence-electron chi connectivity index (χ2n) is 3.73. The third-order valence-electron chi connectivity index (χ3n) is 2.23. The Balaban J connectivity index is 2.42. The number of hydrogen-bond acceptors (Lipinski definition) is 3. The molecule has 1 aromatic rings. The highest BCUT2D eigenvalue weighted by atomic mass is 16.4. The molecule has 1 rings (SSSR count). The van der Waals surface area contributed by atoms with Crippen molar-refractivity contribution in [3.05, 3.63) is 41.2 Å². The molecule has 86 valence electrons. The maximum Gasteiger partial charge on any atom is 0.328 e. The maximum atomic E-state index is 10.4. The highest BCUT2D eigenvalue weighted by Gasteiger charge is 1.98. The molecule has 4 nitrogen and oxygen atoms in total. The van der Waals surface area contributed by atoms with Crippen LogP contribution < -0.4 is 5.32 Å². The van der Waals surface area contributed by atoms with Crippen LogP contribution in [0.5, 0.6) is 0 Å². The Morgan fingerprint density at radius 3 is 3.00 bits per heavy atom. The van der Waals surface area contributed by atoms with E-state index in [9.17, 15) is 4.79 Å². The molecule has 0 unspecified atom stereocenters. The van der Waals surface area contributed by atoms with E-state index in [1.807, 2.05) is 19.2 Å². The van der Waals surface area contributed by atoms with Gasteiger partial charge >= 0.3 is 5.97 Å². The van der Waals surface area contributed by atoms with Crippen LogP contribution in [-0.4, -0.2) is 22.6 Å². The van der Waals surface area contributed by atoms with Crippen molar-refractivity contribution in [2.75, 3.05) is 6.54 Å². The molecule has 0 radical (unpaired) electrons. The van der Waals surface area contributed by atoms with Crippen molar-refractivity contribution in [2.24, 2.45) is 0 Å². The molecule has 0 saturated carbocycles. The summed E-state index contributed by atoms with van der Waals surface area (Å²) in [5, 5.41) is 11.7. The molecule has 0 bridgehead atoms. The zero-order chi connectivity index (χ0) is 12.0. The highest BCUT2D eigenvalue weighted by molar-refractivity contribution is 5.80. The van der Waals surface area contributed by atoms with Gasteiger partial charge in [-0.05, 0) is 31.0 Å². The van der Waals surface area contributed by atoms with E-state index in [1.165, 1.54) is 11.6 Å². The Labute approximate surface area is 95.0 Å². The highest BCUT2D eigenvalue weighted by Crippen LogP contribution is 2.04. The molecule has 2 N–H and O–H groups in total. The molecule has 0 amide bonds. The van der Waals surface area contributed by atoms with Gasteiger partial charge in [0, 0.05) is 31.6 Å². The average Bonchev–Trinajstić information content (AvgIpc) is 2.19. The Morgan fingerprint density at radius 2 is 2.38 bits per heavy atom. The monoisotopic (exact) mass is 220 g/mol. The summed E-state index contributed by atoms with van der Waals surface area (Å²) >= 11 is 0. The van der Waals surface area contributed by atoms with E-state index in [0.717, 1.165) is 17.7 Å². The summed E-state index contributed by atoms with van der Waals surface area (Å²) < 4.78 is 0. The fourth-order valence-electron chi connectivity index (χ4n) is 1.36. The van der Waals surface area contributed by atoms with Crippen LogP contribution in [0, 0.1) is 6.92 Å². The standard InChI is InChI=1S/C12H16N2O2/c1-9(5-12(15)16)6-14-8-11-3-4-13-7-10(11)2/h3-5,7,14H,6,8H2,1-2H3,(H,15,16)/b9-5-. The van der Waals surface area contributed by atoms with Gasteiger partial charge in [-0.1, -0.05) is 5.57 Å². The summed E-state index contributed by atoms with van der Waals surface area (Å²) in [5.74, 6) is -0.903. The number of aryl methyl sites for hydroxylation is 1. The van der Waals surface area contributed by atoms with E-state index < -0.39 is 5.97 Å². The number of carboxylic acids is 1. The number of nitrogens with one attached hydrogen (secondary N) is 1. The van der Waals surface area contributed by atoms with Crippen LogP contribution in [0.1, 0.15) is 18.1 Å². The van der Waals surface area contributed by atoms with Gasteiger partial charge in [0.15, 0.2) is 0 Å². The number of hydrogen-bond donors (Lipinski definition) is 2. The molecule has 0 aliphatic heterocycles. The molecule has 0 fully saturated rings. The topological polar surface area (TPSA) is 62.2 Å². The molecular formula is C12H16N2O2. The summed E-state index contributed by atoms with van der Waals surface area (Å²) in [6.45, 7) is 5.09. The SMILES string of the molecule is C/C(=C/C(=O)O)CNCc1ccncc1C. The number of carboxylic acid groups (broad SMARTS) is 1. The van der Waals surface area contributed by atoms with Crippen LogP contribution in [-0.2, 0) is 11.3 Å². The number of carbonyl (C=O) groups is 1. The van der Waals surface area contributed by atoms with Crippen molar-refractivity contribution in [1.29, 1.82) is 0 Å². The van der Waals surface area contributed by atoms with Gasteiger partial charge in [0.2, 0.25) is 0 Å². The number of pyridine rings is 1. The lowest BCUT2D eigenvalue weighted by Crippen LogP contribution is -2.16. The van der Waals surface area contributed by atoms with E-state index in [0.29, 0.717) is 6.54 Å². The Hall–Kier alpha value is -1.68. The first-order valence-corrected chi connectivity index (χ1v) is 5.10. The molecule has 16 heavy (non-hydrogen) atoms. The largest absolute Gasteiger partial charge is 0.478 e. The van der Waals surface area contributed by atoms with Gasteiger partial charge in [0.1, 0.15) is 0 Å². The van der Waals surface area contributed by atoms with Crippen LogP contribution in [0.25, 0.3) is 0 Å². The lowest BCUT2D eigenvalue weighted by atomic mass is 10.1. The van der Waals surface area contributed by atoms with Gasteiger partial charge in [-0.3, -0.25) is 4.98 Å². The number of aromatic nitrogens is 1. The smallest absolute Gasteiger partial charge is 0.328 e. The first kappa shape index (κ1) is 12.4. The Bertz CT molecular complexity index is 400. The Morgan fingerprint density at radius 1 is 1.62 bits per heavy atom. The van der Waals surface area contributed by atoms with E-state index in [1.54, 1.807) is 13.1 Å². The molecular weight excluding hydrogens is 204 g/mol. The lowest BCUT2D eigenvalue weighted by molar-refractivity contribution is -0.131. The average molecular weight is 220 g/mol. The second kappa shape index (κ2) is 6.02. The fraction of sp³-hybridized carbons (Fsp3) is 0.333. The van der Waals surface area contributed by atoms with Crippen LogP contribution in [0.4, 0.5) is 0 Å². The minimum Gasteiger partial charge on any atom is -0.478 e. The molecule has 0 atom stereocenters. The van der Waals surface area contributed by atoms with Gasteiger partial charge in [-0.25, -0.2) is 4.79 Å². The van der Waals surface area contributed by atoms with Crippen LogP contribution in [0.2, 0.25) is 0 Å². The number of aliphatic carboxylic acids is 1. The van der Waals surface area contributed by atoms with Gasteiger partial charge in [-0.2, -0.15) is 0 Å². The normalized spacial score (nSPS) is 11.5. The predicted molar refractivity (Wildman–Crippen MR) is 62.1 cm³/mol. The quantitative estimate of drug-likeness (QED) is 0.738. The lowest BCUT2D eigenvalue weighted by Gasteiger charge is -2.06. The van der Waals surface area contributed by atoms with E-state index in [4.69, 9.17) is 5.11 Å². The maximum absolute atomic E-state index is 10.4. The second-order valence-corrected chi connectivity index (χ2v) is 3.73. The first-order valence-electron chi connectivity index (χ1n) is 5.10. The Kier molecular flexibility index (Phi) is 4.66. The summed E-state index contributed by atoms with van der Waals surface area (Å²) in [7, 11) is 0. The van der Waals surface area contributed by atoms with Crippen molar-refractivity contribution in [3.63, 3.8) is 0 Å².